The lowest BCUT2D eigenvalue weighted by Crippen LogP contribution is -2.36. The third-order valence-corrected chi connectivity index (χ3v) is 5.78. The number of amides is 3. The molecule has 0 spiro atoms. The van der Waals surface area contributed by atoms with Crippen LogP contribution in [0.5, 0.6) is 11.5 Å². The summed E-state index contributed by atoms with van der Waals surface area (Å²) in [7, 11) is 0. The largest absolute Gasteiger partial charge is 0.490 e. The molecule has 174 valence electrons. The van der Waals surface area contributed by atoms with Crippen LogP contribution in [-0.4, -0.2) is 41.7 Å². The highest BCUT2D eigenvalue weighted by molar-refractivity contribution is 8.18. The van der Waals surface area contributed by atoms with Crippen molar-refractivity contribution in [3.63, 3.8) is 0 Å². The summed E-state index contributed by atoms with van der Waals surface area (Å²) in [4.78, 5) is 39.0. The average Bonchev–Trinajstić information content (AvgIpc) is 3.03. The van der Waals surface area contributed by atoms with Gasteiger partial charge in [-0.15, -0.1) is 0 Å². The number of aryl methyl sites for hydroxylation is 2. The Morgan fingerprint density at radius 1 is 1.06 bits per heavy atom. The van der Waals surface area contributed by atoms with Crippen LogP contribution in [0.25, 0.3) is 6.08 Å². The number of benzene rings is 2. The van der Waals surface area contributed by atoms with E-state index in [1.54, 1.807) is 24.3 Å². The fraction of sp³-hybridized carbons (Fsp3) is 0.320. The molecule has 1 N–H and O–H groups in total. The van der Waals surface area contributed by atoms with Crippen molar-refractivity contribution in [3.05, 3.63) is 58.0 Å². The van der Waals surface area contributed by atoms with Gasteiger partial charge in [0.1, 0.15) is 6.54 Å². The number of imide groups is 1. The van der Waals surface area contributed by atoms with Gasteiger partial charge < -0.3 is 14.8 Å². The van der Waals surface area contributed by atoms with Crippen LogP contribution in [0.2, 0.25) is 0 Å². The van der Waals surface area contributed by atoms with Gasteiger partial charge >= 0.3 is 0 Å². The van der Waals surface area contributed by atoms with Crippen molar-refractivity contribution in [2.24, 2.45) is 0 Å². The van der Waals surface area contributed by atoms with Crippen LogP contribution < -0.4 is 14.8 Å². The third-order valence-electron chi connectivity index (χ3n) is 4.87. The predicted molar refractivity (Wildman–Crippen MR) is 131 cm³/mol. The fourth-order valence-corrected chi connectivity index (χ4v) is 4.04. The van der Waals surface area contributed by atoms with Gasteiger partial charge in [0.25, 0.3) is 11.1 Å². The van der Waals surface area contributed by atoms with E-state index in [0.29, 0.717) is 36.0 Å². The molecule has 0 atom stereocenters. The van der Waals surface area contributed by atoms with Crippen molar-refractivity contribution >= 4 is 40.6 Å². The Hall–Kier alpha value is -3.26. The van der Waals surface area contributed by atoms with E-state index in [0.717, 1.165) is 34.2 Å². The lowest BCUT2D eigenvalue weighted by molar-refractivity contribution is -0.127. The van der Waals surface area contributed by atoms with E-state index in [-0.39, 0.29) is 11.4 Å². The molecule has 33 heavy (non-hydrogen) atoms. The maximum atomic E-state index is 12.8. The first-order chi connectivity index (χ1) is 15.8. The summed E-state index contributed by atoms with van der Waals surface area (Å²) in [6, 6.07) is 11.1. The monoisotopic (exact) mass is 468 g/mol. The van der Waals surface area contributed by atoms with E-state index in [9.17, 15) is 14.4 Å². The zero-order valence-electron chi connectivity index (χ0n) is 19.3. The molecule has 1 aliphatic heterocycles. The molecule has 0 unspecified atom stereocenters. The molecule has 2 aromatic carbocycles. The zero-order valence-corrected chi connectivity index (χ0v) is 20.1. The Morgan fingerprint density at radius 3 is 2.58 bits per heavy atom. The Bertz CT molecular complexity index is 1100. The van der Waals surface area contributed by atoms with Crippen LogP contribution in [0.15, 0.2) is 41.3 Å². The van der Waals surface area contributed by atoms with Gasteiger partial charge in [-0.25, -0.2) is 0 Å². The van der Waals surface area contributed by atoms with E-state index in [4.69, 9.17) is 9.47 Å². The summed E-state index contributed by atoms with van der Waals surface area (Å²) >= 11 is 0.814. The number of nitrogens with one attached hydrogen (secondary N) is 1. The minimum atomic E-state index is -0.495. The fourth-order valence-electron chi connectivity index (χ4n) is 3.21. The Kier molecular flexibility index (Phi) is 8.16. The van der Waals surface area contributed by atoms with Crippen molar-refractivity contribution in [3.8, 4) is 11.5 Å². The van der Waals surface area contributed by atoms with Crippen LogP contribution in [0.3, 0.4) is 0 Å². The molecule has 0 saturated carbocycles. The van der Waals surface area contributed by atoms with Crippen molar-refractivity contribution in [2.75, 3.05) is 25.1 Å². The van der Waals surface area contributed by atoms with E-state index < -0.39 is 17.1 Å². The second-order valence-electron chi connectivity index (χ2n) is 7.62. The summed E-state index contributed by atoms with van der Waals surface area (Å²) in [5.41, 5.74) is 3.27. The first-order valence-electron chi connectivity index (χ1n) is 10.8. The number of ether oxygens (including phenoxy) is 2. The first kappa shape index (κ1) is 24.4. The number of carbonyl (C=O) groups is 3. The van der Waals surface area contributed by atoms with Crippen molar-refractivity contribution in [1.29, 1.82) is 0 Å². The summed E-state index contributed by atoms with van der Waals surface area (Å²) in [5.74, 6) is 0.285. The van der Waals surface area contributed by atoms with Gasteiger partial charge in [-0.2, -0.15) is 0 Å². The van der Waals surface area contributed by atoms with E-state index >= 15 is 0 Å². The lowest BCUT2D eigenvalue weighted by Gasteiger charge is -2.14. The van der Waals surface area contributed by atoms with Gasteiger partial charge in [-0.05, 0) is 79.9 Å². The van der Waals surface area contributed by atoms with Gasteiger partial charge in [0.2, 0.25) is 5.91 Å². The molecule has 1 fully saturated rings. The highest BCUT2D eigenvalue weighted by Gasteiger charge is 2.36. The SMILES string of the molecule is CCCOc1ccc(/C=C2\SC(=O)N(CC(=O)Nc3cc(C)ccc3C)C2=O)cc1OCC. The summed E-state index contributed by atoms with van der Waals surface area (Å²) in [6.45, 7) is 8.41. The molecular weight excluding hydrogens is 440 g/mol. The van der Waals surface area contributed by atoms with Gasteiger partial charge in [0.15, 0.2) is 11.5 Å². The number of hydrogen-bond acceptors (Lipinski definition) is 6. The molecule has 0 bridgehead atoms. The van der Waals surface area contributed by atoms with Crippen LogP contribution in [0.4, 0.5) is 10.5 Å². The van der Waals surface area contributed by atoms with E-state index in [1.165, 1.54) is 0 Å². The summed E-state index contributed by atoms with van der Waals surface area (Å²) in [6.07, 6.45) is 2.50. The Labute approximate surface area is 198 Å². The van der Waals surface area contributed by atoms with Crippen LogP contribution in [0.1, 0.15) is 37.0 Å². The lowest BCUT2D eigenvalue weighted by atomic mass is 10.1. The average molecular weight is 469 g/mol. The molecule has 0 aromatic heterocycles. The molecule has 1 saturated heterocycles. The second-order valence-corrected chi connectivity index (χ2v) is 8.62. The number of thioether (sulfide) groups is 1. The van der Waals surface area contributed by atoms with E-state index in [1.807, 2.05) is 45.9 Å². The maximum absolute atomic E-state index is 12.8. The molecule has 3 amide bonds. The van der Waals surface area contributed by atoms with Crippen molar-refractivity contribution < 1.29 is 23.9 Å². The summed E-state index contributed by atoms with van der Waals surface area (Å²) in [5, 5.41) is 2.31. The number of carbonyl (C=O) groups excluding carboxylic acids is 3. The number of nitrogens with zero attached hydrogens (tertiary/aromatic N) is 1. The van der Waals surface area contributed by atoms with Gasteiger partial charge in [0, 0.05) is 5.69 Å². The smallest absolute Gasteiger partial charge is 0.294 e. The van der Waals surface area contributed by atoms with Gasteiger partial charge in [0.05, 0.1) is 18.1 Å². The van der Waals surface area contributed by atoms with E-state index in [2.05, 4.69) is 5.32 Å². The highest BCUT2D eigenvalue weighted by atomic mass is 32.2. The molecule has 7 nitrogen and oxygen atoms in total. The first-order valence-corrected chi connectivity index (χ1v) is 11.7. The minimum absolute atomic E-state index is 0.254. The van der Waals surface area contributed by atoms with Gasteiger partial charge in [-0.3, -0.25) is 19.3 Å². The quantitative estimate of drug-likeness (QED) is 0.512. The normalized spacial score (nSPS) is 14.7. The molecular formula is C25H28N2O5S. The van der Waals surface area contributed by atoms with Gasteiger partial charge in [-0.1, -0.05) is 25.1 Å². The number of hydrogen-bond donors (Lipinski definition) is 1. The van der Waals surface area contributed by atoms with Crippen LogP contribution >= 0.6 is 11.8 Å². The van der Waals surface area contributed by atoms with Crippen molar-refractivity contribution in [1.82, 2.24) is 4.90 Å². The molecule has 1 heterocycles. The summed E-state index contributed by atoms with van der Waals surface area (Å²) < 4.78 is 11.4. The third kappa shape index (κ3) is 6.16. The molecule has 2 aromatic rings. The Morgan fingerprint density at radius 2 is 1.85 bits per heavy atom. The second kappa shape index (κ2) is 11.0. The number of rotatable bonds is 9. The van der Waals surface area contributed by atoms with Crippen molar-refractivity contribution in [2.45, 2.75) is 34.1 Å². The zero-order chi connectivity index (χ0) is 24.0. The molecule has 1 aliphatic rings. The highest BCUT2D eigenvalue weighted by Crippen LogP contribution is 2.34. The Balaban J connectivity index is 1.73. The van der Waals surface area contributed by atoms with Crippen LogP contribution in [0, 0.1) is 13.8 Å². The topological polar surface area (TPSA) is 84.9 Å². The maximum Gasteiger partial charge on any atom is 0.294 e. The minimum Gasteiger partial charge on any atom is -0.490 e. The molecule has 0 radical (unpaired) electrons. The van der Waals surface area contributed by atoms with Crippen LogP contribution in [-0.2, 0) is 9.59 Å². The number of anilines is 1. The standard InChI is InChI=1S/C25H28N2O5S/c1-5-11-32-20-10-9-18(13-21(20)31-6-2)14-22-24(29)27(25(30)33-22)15-23(28)26-19-12-16(3)7-8-17(19)4/h7-10,12-14H,5-6,11,15H2,1-4H3,(H,26,28)/b22-14-. The predicted octanol–water partition coefficient (Wildman–Crippen LogP) is 5.17. The molecule has 8 heteroatoms. The molecule has 0 aliphatic carbocycles. The molecule has 3 rings (SSSR count).